The van der Waals surface area contributed by atoms with Gasteiger partial charge in [-0.2, -0.15) is 17.4 Å². The Labute approximate surface area is 112 Å². The van der Waals surface area contributed by atoms with Crippen LogP contribution < -0.4 is 4.72 Å². The Morgan fingerprint density at radius 2 is 1.94 bits per heavy atom. The molecule has 1 aliphatic rings. The van der Waals surface area contributed by atoms with E-state index in [9.17, 15) is 8.42 Å². The summed E-state index contributed by atoms with van der Waals surface area (Å²) in [6, 6.07) is -0.277. The number of hydrogen-bond acceptors (Lipinski definition) is 4. The second-order valence-corrected chi connectivity index (χ2v) is 7.73. The molecule has 1 aliphatic heterocycles. The molecule has 5 nitrogen and oxygen atoms in total. The molecule has 1 unspecified atom stereocenters. The highest BCUT2D eigenvalue weighted by Crippen LogP contribution is 2.23. The molecule has 0 bridgehead atoms. The van der Waals surface area contributed by atoms with Crippen LogP contribution in [0.5, 0.6) is 0 Å². The van der Waals surface area contributed by atoms with Gasteiger partial charge in [-0.25, -0.2) is 4.98 Å². The predicted octanol–water partition coefficient (Wildman–Crippen LogP) is 1.75. The number of aromatic nitrogens is 1. The van der Waals surface area contributed by atoms with Gasteiger partial charge in [0.1, 0.15) is 0 Å². The van der Waals surface area contributed by atoms with Crippen LogP contribution in [-0.2, 0) is 10.2 Å². The van der Waals surface area contributed by atoms with Crippen molar-refractivity contribution in [1.29, 1.82) is 0 Å². The summed E-state index contributed by atoms with van der Waals surface area (Å²) in [5.74, 6) is 0. The molecule has 0 aromatic carbocycles. The Balaban J connectivity index is 2.11. The predicted molar refractivity (Wildman–Crippen MR) is 72.9 cm³/mol. The van der Waals surface area contributed by atoms with E-state index in [0.717, 1.165) is 28.4 Å². The van der Waals surface area contributed by atoms with Crippen LogP contribution in [-0.4, -0.2) is 30.8 Å². The van der Waals surface area contributed by atoms with E-state index >= 15 is 0 Å². The van der Waals surface area contributed by atoms with Crippen LogP contribution in [0.1, 0.15) is 41.4 Å². The number of nitrogens with zero attached hydrogens (tertiary/aromatic N) is 2. The third-order valence-electron chi connectivity index (χ3n) is 3.08. The average molecular weight is 289 g/mol. The van der Waals surface area contributed by atoms with E-state index in [2.05, 4.69) is 9.71 Å². The molecule has 18 heavy (non-hydrogen) atoms. The fraction of sp³-hybridized carbons (Fsp3) is 0.727. The van der Waals surface area contributed by atoms with Crippen LogP contribution in [0.25, 0.3) is 0 Å². The van der Waals surface area contributed by atoms with Crippen molar-refractivity contribution in [3.63, 3.8) is 0 Å². The van der Waals surface area contributed by atoms with Gasteiger partial charge in [0.05, 0.1) is 16.7 Å². The van der Waals surface area contributed by atoms with Gasteiger partial charge in [0.15, 0.2) is 0 Å². The molecule has 1 saturated heterocycles. The standard InChI is InChI=1S/C11H19N3O2S2/c1-8(11-9(2)17-10(3)12-11)13-18(15,16)14-6-4-5-7-14/h8,13H,4-7H2,1-3H3. The van der Waals surface area contributed by atoms with Crippen LogP contribution in [0.4, 0.5) is 0 Å². The average Bonchev–Trinajstić information content (AvgIpc) is 2.86. The Morgan fingerprint density at radius 1 is 1.33 bits per heavy atom. The van der Waals surface area contributed by atoms with Crippen LogP contribution in [0.15, 0.2) is 0 Å². The van der Waals surface area contributed by atoms with Crippen molar-refractivity contribution in [3.05, 3.63) is 15.6 Å². The van der Waals surface area contributed by atoms with E-state index in [1.165, 1.54) is 4.31 Å². The molecule has 0 aliphatic carbocycles. The van der Waals surface area contributed by atoms with E-state index in [4.69, 9.17) is 0 Å². The zero-order chi connectivity index (χ0) is 13.3. The lowest BCUT2D eigenvalue weighted by Gasteiger charge is -2.19. The molecule has 1 N–H and O–H groups in total. The minimum atomic E-state index is -3.37. The van der Waals surface area contributed by atoms with Gasteiger partial charge in [-0.05, 0) is 33.6 Å². The molecule has 2 heterocycles. The van der Waals surface area contributed by atoms with Gasteiger partial charge in [-0.1, -0.05) is 0 Å². The quantitative estimate of drug-likeness (QED) is 0.918. The second kappa shape index (κ2) is 5.24. The third kappa shape index (κ3) is 2.90. The number of nitrogens with one attached hydrogen (secondary N) is 1. The van der Waals surface area contributed by atoms with Crippen molar-refractivity contribution in [3.8, 4) is 0 Å². The summed E-state index contributed by atoms with van der Waals surface area (Å²) < 4.78 is 28.5. The number of hydrogen-bond donors (Lipinski definition) is 1. The number of aryl methyl sites for hydroxylation is 2. The lowest BCUT2D eigenvalue weighted by Crippen LogP contribution is -2.40. The SMILES string of the molecule is Cc1nc(C(C)NS(=O)(=O)N2CCCC2)c(C)s1. The minimum Gasteiger partial charge on any atom is -0.245 e. The molecular formula is C11H19N3O2S2. The maximum absolute atomic E-state index is 12.1. The summed E-state index contributed by atoms with van der Waals surface area (Å²) in [4.78, 5) is 5.47. The van der Waals surface area contributed by atoms with Gasteiger partial charge >= 0.3 is 0 Å². The fourth-order valence-corrected chi connectivity index (χ4v) is 4.59. The second-order valence-electron chi connectivity index (χ2n) is 4.63. The molecule has 7 heteroatoms. The zero-order valence-corrected chi connectivity index (χ0v) is 12.6. The van der Waals surface area contributed by atoms with E-state index in [-0.39, 0.29) is 6.04 Å². The molecule has 1 atom stereocenters. The Hall–Kier alpha value is -0.500. The number of thiazole rings is 1. The molecule has 102 valence electrons. The van der Waals surface area contributed by atoms with Gasteiger partial charge in [0, 0.05) is 18.0 Å². The molecule has 0 amide bonds. The normalized spacial score (nSPS) is 19.3. The molecule has 0 saturated carbocycles. The Kier molecular flexibility index (Phi) is 4.05. The van der Waals surface area contributed by atoms with Crippen molar-refractivity contribution >= 4 is 21.5 Å². The van der Waals surface area contributed by atoms with Gasteiger partial charge in [-0.15, -0.1) is 11.3 Å². The maximum Gasteiger partial charge on any atom is 0.280 e. The topological polar surface area (TPSA) is 62.3 Å². The third-order valence-corrected chi connectivity index (χ3v) is 5.68. The van der Waals surface area contributed by atoms with E-state index in [1.807, 2.05) is 20.8 Å². The highest BCUT2D eigenvalue weighted by Gasteiger charge is 2.28. The monoisotopic (exact) mass is 289 g/mol. The highest BCUT2D eigenvalue weighted by atomic mass is 32.2. The van der Waals surface area contributed by atoms with Gasteiger partial charge in [0.2, 0.25) is 0 Å². The van der Waals surface area contributed by atoms with Gasteiger partial charge in [-0.3, -0.25) is 0 Å². The zero-order valence-electron chi connectivity index (χ0n) is 10.9. The van der Waals surface area contributed by atoms with E-state index in [0.29, 0.717) is 13.1 Å². The van der Waals surface area contributed by atoms with Crippen molar-refractivity contribution in [1.82, 2.24) is 14.0 Å². The first-order chi connectivity index (χ1) is 8.40. The van der Waals surface area contributed by atoms with Crippen LogP contribution in [0, 0.1) is 13.8 Å². The molecule has 1 fully saturated rings. The summed E-state index contributed by atoms with van der Waals surface area (Å²) in [5.41, 5.74) is 0.834. The largest absolute Gasteiger partial charge is 0.280 e. The van der Waals surface area contributed by atoms with Crippen molar-refractivity contribution < 1.29 is 8.42 Å². The summed E-state index contributed by atoms with van der Waals surface area (Å²) in [7, 11) is -3.37. The summed E-state index contributed by atoms with van der Waals surface area (Å²) >= 11 is 1.60. The highest BCUT2D eigenvalue weighted by molar-refractivity contribution is 7.87. The minimum absolute atomic E-state index is 0.277. The van der Waals surface area contributed by atoms with Crippen LogP contribution in [0.2, 0.25) is 0 Å². The fourth-order valence-electron chi connectivity index (χ4n) is 2.23. The maximum atomic E-state index is 12.1. The van der Waals surface area contributed by atoms with Crippen molar-refractivity contribution in [2.24, 2.45) is 0 Å². The van der Waals surface area contributed by atoms with Crippen molar-refractivity contribution in [2.45, 2.75) is 39.7 Å². The smallest absolute Gasteiger partial charge is 0.245 e. The van der Waals surface area contributed by atoms with Gasteiger partial charge in [0.25, 0.3) is 10.2 Å². The van der Waals surface area contributed by atoms with Crippen molar-refractivity contribution in [2.75, 3.05) is 13.1 Å². The molecule has 1 aromatic rings. The Bertz CT molecular complexity index is 518. The number of rotatable bonds is 4. The molecular weight excluding hydrogens is 270 g/mol. The van der Waals surface area contributed by atoms with E-state index < -0.39 is 10.2 Å². The molecule has 1 aromatic heterocycles. The summed E-state index contributed by atoms with van der Waals surface area (Å²) in [5, 5.41) is 0.967. The summed E-state index contributed by atoms with van der Waals surface area (Å²) in [6.07, 6.45) is 1.90. The van der Waals surface area contributed by atoms with Crippen LogP contribution in [0.3, 0.4) is 0 Å². The van der Waals surface area contributed by atoms with Crippen LogP contribution >= 0.6 is 11.3 Å². The first-order valence-electron chi connectivity index (χ1n) is 6.11. The first-order valence-corrected chi connectivity index (χ1v) is 8.37. The van der Waals surface area contributed by atoms with E-state index in [1.54, 1.807) is 11.3 Å². The lowest BCUT2D eigenvalue weighted by molar-refractivity contribution is 0.456. The molecule has 2 rings (SSSR count). The molecule has 0 radical (unpaired) electrons. The molecule has 0 spiro atoms. The van der Waals surface area contributed by atoms with Gasteiger partial charge < -0.3 is 0 Å². The Morgan fingerprint density at radius 3 is 2.44 bits per heavy atom. The first kappa shape index (κ1) is 13.9. The lowest BCUT2D eigenvalue weighted by atomic mass is 10.2. The summed E-state index contributed by atoms with van der Waals surface area (Å²) in [6.45, 7) is 6.99.